The predicted octanol–water partition coefficient (Wildman–Crippen LogP) is 7.97. The molecule has 296 valence electrons. The van der Waals surface area contributed by atoms with E-state index in [1.165, 1.54) is 43.0 Å². The van der Waals surface area contributed by atoms with Crippen molar-refractivity contribution in [3.8, 4) is 22.9 Å². The summed E-state index contributed by atoms with van der Waals surface area (Å²) in [6.45, 7) is 4.78. The van der Waals surface area contributed by atoms with Crippen LogP contribution in [0.1, 0.15) is 69.0 Å². The molecule has 1 aliphatic rings. The lowest BCUT2D eigenvalue weighted by Gasteiger charge is -2.30. The number of ether oxygens (including phenoxy) is 3. The van der Waals surface area contributed by atoms with Gasteiger partial charge in [-0.25, -0.2) is 40.4 Å². The summed E-state index contributed by atoms with van der Waals surface area (Å²) in [6.07, 6.45) is 0.377. The fourth-order valence-electron chi connectivity index (χ4n) is 6.63. The highest BCUT2D eigenvalue weighted by atomic mass is 32.2. The molecule has 5 aromatic rings. The number of halogens is 4. The van der Waals surface area contributed by atoms with Gasteiger partial charge in [-0.3, -0.25) is 4.79 Å². The van der Waals surface area contributed by atoms with E-state index >= 15 is 17.6 Å². The molecule has 3 aromatic carbocycles. The number of aromatic nitrogens is 4. The van der Waals surface area contributed by atoms with E-state index in [4.69, 9.17) is 14.2 Å². The first-order valence-corrected chi connectivity index (χ1v) is 19.6. The third-order valence-electron chi connectivity index (χ3n) is 9.76. The lowest BCUT2D eigenvalue weighted by Crippen LogP contribution is -2.31. The van der Waals surface area contributed by atoms with Crippen LogP contribution in [0.5, 0.6) is 11.5 Å². The molecule has 2 aromatic heterocycles. The Morgan fingerprint density at radius 1 is 0.982 bits per heavy atom. The topological polar surface area (TPSA) is 142 Å². The summed E-state index contributed by atoms with van der Waals surface area (Å²) in [6, 6.07) is 13.1. The Hall–Kier alpha value is -5.51. The maximum Gasteiger partial charge on any atom is 0.349 e. The largest absolute Gasteiger partial charge is 0.466 e. The van der Waals surface area contributed by atoms with Crippen LogP contribution in [0, 0.1) is 11.6 Å². The lowest BCUT2D eigenvalue weighted by molar-refractivity contribution is -0.143. The van der Waals surface area contributed by atoms with E-state index in [1.54, 1.807) is 38.1 Å². The summed E-state index contributed by atoms with van der Waals surface area (Å²) in [5.74, 6) is -8.71. The lowest BCUT2D eigenvalue weighted by atomic mass is 9.76. The van der Waals surface area contributed by atoms with Gasteiger partial charge in [-0.15, -0.1) is 0 Å². The summed E-state index contributed by atoms with van der Waals surface area (Å²) < 4.78 is 109. The van der Waals surface area contributed by atoms with E-state index in [0.29, 0.717) is 17.5 Å². The first-order chi connectivity index (χ1) is 26.5. The Kier molecular flexibility index (Phi) is 11.4. The number of aromatic amines is 1. The maximum atomic E-state index is 16.0. The van der Waals surface area contributed by atoms with Crippen LogP contribution in [-0.2, 0) is 47.8 Å². The van der Waals surface area contributed by atoms with Crippen LogP contribution >= 0.6 is 0 Å². The molecule has 1 N–H and O–H groups in total. The highest BCUT2D eigenvalue weighted by molar-refractivity contribution is 7.96. The Labute approximate surface area is 320 Å². The van der Waals surface area contributed by atoms with Crippen molar-refractivity contribution in [2.45, 2.75) is 64.2 Å². The zero-order valence-electron chi connectivity index (χ0n) is 31.1. The first-order valence-electron chi connectivity index (χ1n) is 18.0. The average Bonchev–Trinajstić information content (AvgIpc) is 3.79. The quantitative estimate of drug-likeness (QED) is 0.128. The SMILES string of the molecule is CCOC(=O)CCc1cccc(C2(C)CCC(F)(F)CCS(=O)(=O)/C(C(=O)OCC)=C/c3c(c(F)cc4[nH]ccc34)Oc3ccc(F)c(c3)-c3nc2nn3C)c1. The van der Waals surface area contributed by atoms with Crippen molar-refractivity contribution >= 4 is 38.8 Å². The number of hydrogen-bond donors (Lipinski definition) is 1. The van der Waals surface area contributed by atoms with Gasteiger partial charge in [0.25, 0.3) is 0 Å². The molecule has 1 unspecified atom stereocenters. The number of hydrogen-bond acceptors (Lipinski definition) is 9. The monoisotopic (exact) mass is 796 g/mol. The second kappa shape index (κ2) is 15.9. The number of rotatable bonds is 7. The van der Waals surface area contributed by atoms with E-state index in [0.717, 1.165) is 18.2 Å². The summed E-state index contributed by atoms with van der Waals surface area (Å²) in [5.41, 5.74) is -0.224. The van der Waals surface area contributed by atoms with Crippen molar-refractivity contribution in [3.63, 3.8) is 0 Å². The van der Waals surface area contributed by atoms with Crippen molar-refractivity contribution in [3.05, 3.63) is 99.8 Å². The number of alkyl halides is 2. The molecule has 16 heteroatoms. The van der Waals surface area contributed by atoms with Gasteiger partial charge in [0.1, 0.15) is 11.6 Å². The highest BCUT2D eigenvalue weighted by Crippen LogP contribution is 2.42. The molecule has 0 radical (unpaired) electrons. The number of nitrogens with one attached hydrogen (secondary N) is 1. The summed E-state index contributed by atoms with van der Waals surface area (Å²) in [4.78, 5) is 31.9. The van der Waals surface area contributed by atoms with Crippen molar-refractivity contribution in [2.24, 2.45) is 7.05 Å². The minimum absolute atomic E-state index is 0.0119. The molecule has 0 aliphatic carbocycles. The van der Waals surface area contributed by atoms with Gasteiger partial charge in [-0.2, -0.15) is 5.10 Å². The number of H-pyrrole nitrogens is 1. The summed E-state index contributed by atoms with van der Waals surface area (Å²) >= 11 is 0. The van der Waals surface area contributed by atoms with E-state index in [-0.39, 0.29) is 65.5 Å². The van der Waals surface area contributed by atoms with Gasteiger partial charge in [-0.05, 0) is 75.1 Å². The van der Waals surface area contributed by atoms with E-state index in [2.05, 4.69) is 15.1 Å². The fraction of sp³-hybridized carbons (Fsp3) is 0.350. The Morgan fingerprint density at radius 3 is 2.50 bits per heavy atom. The minimum Gasteiger partial charge on any atom is -0.466 e. The van der Waals surface area contributed by atoms with Crippen LogP contribution in [0.3, 0.4) is 0 Å². The molecule has 4 bridgehead atoms. The average molecular weight is 797 g/mol. The molecule has 3 heterocycles. The molecular weight excluding hydrogens is 757 g/mol. The number of fused-ring (bicyclic) bond motifs is 8. The standard InChI is InChI=1S/C40H40F4N4O7S/c1-5-53-34(49)13-10-24-8-7-9-25(20-24)39(3)15-16-40(43,44)17-19-56(51,52)33(37(50)54-6-2)22-28-27-14-18-45-32(27)23-31(42)35(28)55-26-11-12-30(41)29(21-26)36-46-38(39)47-48(36)4/h7-9,11-12,14,18,20-23,45H,5-6,10,13,15-17,19H2,1-4H3/b33-22+. The zero-order chi connectivity index (χ0) is 40.4. The van der Waals surface area contributed by atoms with Crippen LogP contribution in [0.2, 0.25) is 0 Å². The number of carbonyl (C=O) groups is 2. The minimum atomic E-state index is -4.80. The third-order valence-corrected chi connectivity index (χ3v) is 11.5. The Balaban J connectivity index is 1.54. The Bertz CT molecular complexity index is 2440. The fourth-order valence-corrected chi connectivity index (χ4v) is 8.03. The molecule has 11 nitrogen and oxygen atoms in total. The van der Waals surface area contributed by atoms with Gasteiger partial charge in [0.05, 0.1) is 29.9 Å². The van der Waals surface area contributed by atoms with Crippen LogP contribution in [0.4, 0.5) is 17.6 Å². The van der Waals surface area contributed by atoms with Gasteiger partial charge in [0.2, 0.25) is 5.92 Å². The molecule has 0 fully saturated rings. The molecule has 6 rings (SSSR count). The normalized spacial score (nSPS) is 19.1. The second-order valence-electron chi connectivity index (χ2n) is 13.7. The molecule has 1 aliphatic heterocycles. The van der Waals surface area contributed by atoms with E-state index in [9.17, 15) is 18.0 Å². The van der Waals surface area contributed by atoms with Crippen molar-refractivity contribution < 1.29 is 49.8 Å². The zero-order valence-corrected chi connectivity index (χ0v) is 31.9. The van der Waals surface area contributed by atoms with Crippen molar-refractivity contribution in [1.29, 1.82) is 0 Å². The van der Waals surface area contributed by atoms with Gasteiger partial charge < -0.3 is 19.2 Å². The van der Waals surface area contributed by atoms with Gasteiger partial charge >= 0.3 is 11.9 Å². The number of esters is 2. The van der Waals surface area contributed by atoms with Gasteiger partial charge in [0, 0.05) is 55.0 Å². The number of benzene rings is 3. The van der Waals surface area contributed by atoms with Gasteiger partial charge in [0.15, 0.2) is 38.0 Å². The molecule has 0 amide bonds. The molecule has 0 saturated carbocycles. The second-order valence-corrected chi connectivity index (χ2v) is 15.7. The number of nitrogens with zero attached hydrogens (tertiary/aromatic N) is 3. The van der Waals surface area contributed by atoms with E-state index < -0.39 is 74.0 Å². The first kappa shape index (κ1) is 40.2. The molecular formula is C40H40F4N4O7S. The molecule has 1 atom stereocenters. The van der Waals surface area contributed by atoms with Crippen LogP contribution in [0.15, 0.2) is 65.7 Å². The predicted molar refractivity (Wildman–Crippen MR) is 200 cm³/mol. The number of aryl methyl sites for hydroxylation is 2. The van der Waals surface area contributed by atoms with Crippen LogP contribution < -0.4 is 4.74 Å². The number of carbonyl (C=O) groups excluding carboxylic acids is 2. The smallest absolute Gasteiger partial charge is 0.349 e. The summed E-state index contributed by atoms with van der Waals surface area (Å²) in [7, 11) is -3.29. The van der Waals surface area contributed by atoms with E-state index in [1.807, 2.05) is 0 Å². The molecule has 56 heavy (non-hydrogen) atoms. The molecule has 0 spiro atoms. The highest BCUT2D eigenvalue weighted by Gasteiger charge is 2.41. The van der Waals surface area contributed by atoms with Crippen LogP contribution in [0.25, 0.3) is 28.4 Å². The third kappa shape index (κ3) is 8.34. The van der Waals surface area contributed by atoms with Crippen LogP contribution in [-0.4, -0.2) is 65.0 Å². The summed E-state index contributed by atoms with van der Waals surface area (Å²) in [5, 5.41) is 4.82. The van der Waals surface area contributed by atoms with Crippen molar-refractivity contribution in [1.82, 2.24) is 19.7 Å². The molecule has 0 saturated heterocycles. The number of sulfone groups is 1. The van der Waals surface area contributed by atoms with Crippen molar-refractivity contribution in [2.75, 3.05) is 19.0 Å². The van der Waals surface area contributed by atoms with Gasteiger partial charge in [-0.1, -0.05) is 24.3 Å². The Morgan fingerprint density at radius 2 is 1.75 bits per heavy atom. The maximum absolute atomic E-state index is 16.0.